The normalized spacial score (nSPS) is 11.5. The molecule has 0 unspecified atom stereocenters. The zero-order valence-electron chi connectivity index (χ0n) is 30.8. The van der Waals surface area contributed by atoms with Gasteiger partial charge in [0, 0.05) is 54.7 Å². The third-order valence-corrected chi connectivity index (χ3v) is 10.9. The second kappa shape index (κ2) is 13.6. The van der Waals surface area contributed by atoms with Crippen LogP contribution in [0.1, 0.15) is 0 Å². The monoisotopic (exact) mass is 727 g/mol. The van der Waals surface area contributed by atoms with E-state index in [0.29, 0.717) is 5.82 Å². The molecule has 0 radical (unpaired) electrons. The zero-order valence-corrected chi connectivity index (χ0v) is 30.8. The smallest absolute Gasteiger partial charge is 0.160 e. The molecule has 11 aromatic rings. The molecule has 0 atom stereocenters. The summed E-state index contributed by atoms with van der Waals surface area (Å²) in [5, 5.41) is 5.56. The summed E-state index contributed by atoms with van der Waals surface area (Å²) in [6.07, 6.45) is 0. The Morgan fingerprint density at radius 3 is 1.68 bits per heavy atom. The van der Waals surface area contributed by atoms with E-state index < -0.39 is 0 Å². The lowest BCUT2D eigenvalue weighted by Crippen LogP contribution is -1.96. The third kappa shape index (κ3) is 5.74. The maximum Gasteiger partial charge on any atom is 0.160 e. The van der Waals surface area contributed by atoms with Crippen LogP contribution in [0.25, 0.3) is 111 Å². The molecular formula is C53H33N3O. The predicted octanol–water partition coefficient (Wildman–Crippen LogP) is 14.1. The van der Waals surface area contributed by atoms with Gasteiger partial charge in [0.05, 0.1) is 22.6 Å². The van der Waals surface area contributed by atoms with Crippen molar-refractivity contribution in [2.24, 2.45) is 0 Å². The fraction of sp³-hybridized carbons (Fsp3) is 0. The van der Waals surface area contributed by atoms with E-state index in [9.17, 15) is 0 Å². The van der Waals surface area contributed by atoms with Crippen molar-refractivity contribution in [1.82, 2.24) is 15.0 Å². The van der Waals surface area contributed by atoms with Gasteiger partial charge in [-0.2, -0.15) is 0 Å². The molecule has 0 aliphatic heterocycles. The number of benzene rings is 8. The molecule has 0 amide bonds. The molecule has 0 saturated heterocycles. The van der Waals surface area contributed by atoms with E-state index in [4.69, 9.17) is 19.4 Å². The highest BCUT2D eigenvalue weighted by molar-refractivity contribution is 6.29. The zero-order chi connectivity index (χ0) is 37.7. The first-order valence-corrected chi connectivity index (χ1v) is 19.2. The van der Waals surface area contributed by atoms with E-state index >= 15 is 0 Å². The standard InChI is InChI=1S/C53H33N3O/c1-4-14-34(15-5-1)39-20-12-21-40(32-39)46-33-45(54-53(55-46)38-18-8-3-9-19-38)36-28-26-35(27-29-36)41-23-13-24-43-49-44(51(56-52(41)43)37-16-6-2-7-17-37)30-31-48-50(49)42-22-10-11-25-47(42)57-48/h1-33H. The van der Waals surface area contributed by atoms with Crippen LogP contribution < -0.4 is 0 Å². The number of fused-ring (bicyclic) bond motifs is 7. The minimum atomic E-state index is 0.689. The Labute approximate surface area is 329 Å². The number of pyridine rings is 1. The molecule has 4 heteroatoms. The first-order chi connectivity index (χ1) is 28.2. The largest absolute Gasteiger partial charge is 0.456 e. The Bertz CT molecular complexity index is 3260. The van der Waals surface area contributed by atoms with E-state index in [2.05, 4.69) is 158 Å². The Morgan fingerprint density at radius 1 is 0.316 bits per heavy atom. The summed E-state index contributed by atoms with van der Waals surface area (Å²) in [5.74, 6) is 0.689. The highest BCUT2D eigenvalue weighted by Crippen LogP contribution is 2.43. The van der Waals surface area contributed by atoms with Gasteiger partial charge in [-0.3, -0.25) is 0 Å². The lowest BCUT2D eigenvalue weighted by Gasteiger charge is -2.14. The fourth-order valence-electron chi connectivity index (χ4n) is 8.15. The number of nitrogens with zero attached hydrogens (tertiary/aromatic N) is 3. The maximum atomic E-state index is 6.39. The molecule has 0 aliphatic rings. The van der Waals surface area contributed by atoms with Gasteiger partial charge in [0.1, 0.15) is 11.2 Å². The molecule has 0 saturated carbocycles. The number of para-hydroxylation sites is 2. The van der Waals surface area contributed by atoms with Crippen molar-refractivity contribution in [2.75, 3.05) is 0 Å². The molecule has 4 nitrogen and oxygen atoms in total. The van der Waals surface area contributed by atoms with Gasteiger partial charge in [0.15, 0.2) is 5.82 Å². The van der Waals surface area contributed by atoms with Crippen molar-refractivity contribution in [2.45, 2.75) is 0 Å². The highest BCUT2D eigenvalue weighted by Gasteiger charge is 2.19. The van der Waals surface area contributed by atoms with Crippen LogP contribution in [0.2, 0.25) is 0 Å². The van der Waals surface area contributed by atoms with Crippen LogP contribution in [0, 0.1) is 0 Å². The quantitative estimate of drug-likeness (QED) is 0.160. The fourth-order valence-corrected chi connectivity index (χ4v) is 8.15. The molecule has 0 N–H and O–H groups in total. The molecule has 3 aromatic heterocycles. The second-order valence-electron chi connectivity index (χ2n) is 14.3. The van der Waals surface area contributed by atoms with Crippen LogP contribution in [0.15, 0.2) is 205 Å². The number of furan rings is 1. The molecule has 11 rings (SSSR count). The van der Waals surface area contributed by atoms with Gasteiger partial charge in [-0.25, -0.2) is 15.0 Å². The van der Waals surface area contributed by atoms with Gasteiger partial charge in [-0.15, -0.1) is 0 Å². The Hall–Kier alpha value is -7.69. The average molecular weight is 728 g/mol. The molecule has 0 bridgehead atoms. The van der Waals surface area contributed by atoms with Crippen LogP contribution in [0.4, 0.5) is 0 Å². The minimum Gasteiger partial charge on any atom is -0.456 e. The third-order valence-electron chi connectivity index (χ3n) is 10.9. The lowest BCUT2D eigenvalue weighted by molar-refractivity contribution is 0.669. The van der Waals surface area contributed by atoms with Gasteiger partial charge in [-0.1, -0.05) is 170 Å². The molecule has 0 aliphatic carbocycles. The second-order valence-corrected chi connectivity index (χ2v) is 14.3. The molecular weight excluding hydrogens is 695 g/mol. The number of rotatable bonds is 6. The summed E-state index contributed by atoms with van der Waals surface area (Å²) in [6.45, 7) is 0. The number of hydrogen-bond acceptors (Lipinski definition) is 4. The summed E-state index contributed by atoms with van der Waals surface area (Å²) >= 11 is 0. The first-order valence-electron chi connectivity index (χ1n) is 19.2. The van der Waals surface area contributed by atoms with E-state index in [1.165, 1.54) is 5.56 Å². The van der Waals surface area contributed by atoms with Crippen molar-refractivity contribution in [3.05, 3.63) is 200 Å². The molecule has 8 aromatic carbocycles. The maximum absolute atomic E-state index is 6.39. The van der Waals surface area contributed by atoms with Crippen molar-refractivity contribution >= 4 is 43.6 Å². The number of hydrogen-bond donors (Lipinski definition) is 0. The van der Waals surface area contributed by atoms with Crippen LogP contribution in [0.5, 0.6) is 0 Å². The molecule has 266 valence electrons. The first kappa shape index (κ1) is 32.7. The lowest BCUT2D eigenvalue weighted by atomic mass is 9.93. The van der Waals surface area contributed by atoms with Gasteiger partial charge < -0.3 is 4.42 Å². The molecule has 57 heavy (non-hydrogen) atoms. The summed E-state index contributed by atoms with van der Waals surface area (Å²) in [6, 6.07) is 69.6. The van der Waals surface area contributed by atoms with E-state index in [1.54, 1.807) is 0 Å². The molecule has 3 heterocycles. The Balaban J connectivity index is 1.07. The van der Waals surface area contributed by atoms with Crippen molar-refractivity contribution in [1.29, 1.82) is 0 Å². The summed E-state index contributed by atoms with van der Waals surface area (Å²) in [7, 11) is 0. The van der Waals surface area contributed by atoms with Crippen molar-refractivity contribution < 1.29 is 4.42 Å². The average Bonchev–Trinajstić information content (AvgIpc) is 3.68. The molecule has 0 fully saturated rings. The summed E-state index contributed by atoms with van der Waals surface area (Å²) in [4.78, 5) is 15.7. The van der Waals surface area contributed by atoms with E-state index in [-0.39, 0.29) is 0 Å². The van der Waals surface area contributed by atoms with Gasteiger partial charge in [0.25, 0.3) is 0 Å². The Kier molecular flexibility index (Phi) is 7.78. The SMILES string of the molecule is c1ccc(-c2cccc(-c3cc(-c4ccc(-c5cccc6c5nc(-c5ccccc5)c5ccc7oc8ccccc8c7c56)cc4)nc(-c4ccccc4)n3)c2)cc1. The minimum absolute atomic E-state index is 0.689. The highest BCUT2D eigenvalue weighted by atomic mass is 16.3. The van der Waals surface area contributed by atoms with Crippen molar-refractivity contribution in [3.8, 4) is 67.4 Å². The molecule has 0 spiro atoms. The Morgan fingerprint density at radius 2 is 0.912 bits per heavy atom. The van der Waals surface area contributed by atoms with Crippen LogP contribution in [-0.2, 0) is 0 Å². The van der Waals surface area contributed by atoms with Crippen LogP contribution >= 0.6 is 0 Å². The predicted molar refractivity (Wildman–Crippen MR) is 235 cm³/mol. The van der Waals surface area contributed by atoms with Gasteiger partial charge in [0.2, 0.25) is 0 Å². The summed E-state index contributed by atoms with van der Waals surface area (Å²) in [5.41, 5.74) is 13.9. The van der Waals surface area contributed by atoms with Crippen molar-refractivity contribution in [3.63, 3.8) is 0 Å². The van der Waals surface area contributed by atoms with E-state index in [1.807, 2.05) is 42.5 Å². The number of aromatic nitrogens is 3. The summed E-state index contributed by atoms with van der Waals surface area (Å²) < 4.78 is 6.39. The topological polar surface area (TPSA) is 51.8 Å². The van der Waals surface area contributed by atoms with Crippen LogP contribution in [0.3, 0.4) is 0 Å². The van der Waals surface area contributed by atoms with E-state index in [0.717, 1.165) is 99.6 Å². The van der Waals surface area contributed by atoms with Crippen LogP contribution in [-0.4, -0.2) is 15.0 Å². The van der Waals surface area contributed by atoms with Gasteiger partial charge in [-0.05, 0) is 47.0 Å². The van der Waals surface area contributed by atoms with Gasteiger partial charge >= 0.3 is 0 Å².